The second-order valence-electron chi connectivity index (χ2n) is 3.18. The molecule has 1 aromatic rings. The van der Waals surface area contributed by atoms with Crippen LogP contribution in [0, 0.1) is 11.3 Å². The SMILES string of the molecule is CCOC(=O)c1c(SC(F)(F)F)ccc(C#N)c1Cl. The van der Waals surface area contributed by atoms with E-state index in [4.69, 9.17) is 16.9 Å². The van der Waals surface area contributed by atoms with Crippen LogP contribution in [0.4, 0.5) is 13.2 Å². The molecule has 0 amide bonds. The van der Waals surface area contributed by atoms with E-state index in [2.05, 4.69) is 4.74 Å². The number of hydrogen-bond acceptors (Lipinski definition) is 4. The van der Waals surface area contributed by atoms with E-state index in [9.17, 15) is 18.0 Å². The van der Waals surface area contributed by atoms with Gasteiger partial charge in [-0.25, -0.2) is 4.79 Å². The minimum absolute atomic E-state index is 0.0118. The Morgan fingerprint density at radius 3 is 2.63 bits per heavy atom. The van der Waals surface area contributed by atoms with Crippen molar-refractivity contribution in [2.24, 2.45) is 0 Å². The van der Waals surface area contributed by atoms with Crippen LogP contribution in [0.5, 0.6) is 0 Å². The molecule has 0 aliphatic heterocycles. The highest BCUT2D eigenvalue weighted by Gasteiger charge is 2.33. The van der Waals surface area contributed by atoms with E-state index in [1.807, 2.05) is 0 Å². The molecule has 0 aromatic heterocycles. The van der Waals surface area contributed by atoms with Gasteiger partial charge in [-0.15, -0.1) is 0 Å². The molecule has 3 nitrogen and oxygen atoms in total. The number of esters is 1. The molecule has 0 aliphatic carbocycles. The summed E-state index contributed by atoms with van der Waals surface area (Å²) in [5.41, 5.74) is -5.10. The predicted molar refractivity (Wildman–Crippen MR) is 64.0 cm³/mol. The molecule has 0 radical (unpaired) electrons. The summed E-state index contributed by atoms with van der Waals surface area (Å²) in [5, 5.41) is 8.42. The summed E-state index contributed by atoms with van der Waals surface area (Å²) in [7, 11) is 0. The Morgan fingerprint density at radius 2 is 2.16 bits per heavy atom. The van der Waals surface area contributed by atoms with Gasteiger partial charge >= 0.3 is 11.5 Å². The molecule has 0 saturated heterocycles. The maximum absolute atomic E-state index is 12.4. The lowest BCUT2D eigenvalue weighted by atomic mass is 10.1. The minimum Gasteiger partial charge on any atom is -0.462 e. The Morgan fingerprint density at radius 1 is 1.53 bits per heavy atom. The average Bonchev–Trinajstić information content (AvgIpc) is 2.27. The third kappa shape index (κ3) is 4.04. The van der Waals surface area contributed by atoms with Crippen LogP contribution in [0.15, 0.2) is 17.0 Å². The maximum atomic E-state index is 12.4. The van der Waals surface area contributed by atoms with Gasteiger partial charge in [0.05, 0.1) is 22.8 Å². The minimum atomic E-state index is -4.57. The molecule has 1 rings (SSSR count). The number of nitriles is 1. The summed E-state index contributed by atoms with van der Waals surface area (Å²) >= 11 is 5.29. The van der Waals surface area contributed by atoms with Crippen LogP contribution in [0.2, 0.25) is 5.02 Å². The molecule has 8 heteroatoms. The number of thioether (sulfide) groups is 1. The molecule has 0 fully saturated rings. The summed E-state index contributed by atoms with van der Waals surface area (Å²) in [5.74, 6) is -0.989. The highest BCUT2D eigenvalue weighted by atomic mass is 35.5. The summed E-state index contributed by atoms with van der Waals surface area (Å²) in [4.78, 5) is 11.3. The third-order valence-electron chi connectivity index (χ3n) is 1.93. The van der Waals surface area contributed by atoms with Crippen molar-refractivity contribution in [3.63, 3.8) is 0 Å². The highest BCUT2D eigenvalue weighted by Crippen LogP contribution is 2.41. The normalized spacial score (nSPS) is 10.9. The molecular formula is C11H7ClF3NO2S. The van der Waals surface area contributed by atoms with E-state index >= 15 is 0 Å². The van der Waals surface area contributed by atoms with Gasteiger partial charge in [-0.1, -0.05) is 11.6 Å². The van der Waals surface area contributed by atoms with E-state index in [-0.39, 0.29) is 17.2 Å². The van der Waals surface area contributed by atoms with Crippen molar-refractivity contribution in [2.75, 3.05) is 6.61 Å². The van der Waals surface area contributed by atoms with Crippen molar-refractivity contribution in [2.45, 2.75) is 17.3 Å². The van der Waals surface area contributed by atoms with Crippen molar-refractivity contribution in [1.29, 1.82) is 5.26 Å². The molecule has 19 heavy (non-hydrogen) atoms. The van der Waals surface area contributed by atoms with E-state index in [0.717, 1.165) is 12.1 Å². The van der Waals surface area contributed by atoms with Gasteiger partial charge in [-0.3, -0.25) is 0 Å². The number of carbonyl (C=O) groups excluding carboxylic acids is 1. The average molecular weight is 310 g/mol. The van der Waals surface area contributed by atoms with Crippen LogP contribution in [0.25, 0.3) is 0 Å². The van der Waals surface area contributed by atoms with Gasteiger partial charge in [-0.2, -0.15) is 18.4 Å². The first-order valence-electron chi connectivity index (χ1n) is 4.95. The number of carbonyl (C=O) groups is 1. The molecule has 0 unspecified atom stereocenters. The van der Waals surface area contributed by atoms with Gasteiger partial charge in [0.15, 0.2) is 0 Å². The second kappa shape index (κ2) is 6.17. The van der Waals surface area contributed by atoms with Gasteiger partial charge in [0.1, 0.15) is 6.07 Å². The number of alkyl halides is 3. The molecule has 0 spiro atoms. The lowest BCUT2D eigenvalue weighted by molar-refractivity contribution is -0.0328. The fourth-order valence-corrected chi connectivity index (χ4v) is 2.26. The van der Waals surface area contributed by atoms with Gasteiger partial charge in [0.25, 0.3) is 0 Å². The zero-order valence-electron chi connectivity index (χ0n) is 9.55. The monoisotopic (exact) mass is 309 g/mol. The number of hydrogen-bond donors (Lipinski definition) is 0. The van der Waals surface area contributed by atoms with E-state index in [1.54, 1.807) is 6.07 Å². The lowest BCUT2D eigenvalue weighted by Crippen LogP contribution is -2.10. The van der Waals surface area contributed by atoms with Crippen LogP contribution in [0.3, 0.4) is 0 Å². The Balaban J connectivity index is 3.35. The standard InChI is InChI=1S/C11H7ClF3NO2S/c1-2-18-10(17)8-7(19-11(13,14)15)4-3-6(5-16)9(8)12/h3-4H,2H2,1H3. The Labute approximate surface area is 116 Å². The topological polar surface area (TPSA) is 50.1 Å². The fraction of sp³-hybridized carbons (Fsp3) is 0.273. The predicted octanol–water partition coefficient (Wildman–Crippen LogP) is 4.00. The van der Waals surface area contributed by atoms with Gasteiger partial charge in [0, 0.05) is 4.90 Å². The van der Waals surface area contributed by atoms with Crippen LogP contribution in [-0.4, -0.2) is 18.1 Å². The zero-order chi connectivity index (χ0) is 14.6. The fourth-order valence-electron chi connectivity index (χ4n) is 1.25. The summed E-state index contributed by atoms with van der Waals surface area (Å²) < 4.78 is 41.8. The molecule has 0 aliphatic rings. The van der Waals surface area contributed by atoms with Crippen LogP contribution >= 0.6 is 23.4 Å². The highest BCUT2D eigenvalue weighted by molar-refractivity contribution is 8.00. The molecule has 0 N–H and O–H groups in total. The van der Waals surface area contributed by atoms with E-state index < -0.39 is 33.7 Å². The number of halogens is 4. The third-order valence-corrected chi connectivity index (χ3v) is 3.11. The quantitative estimate of drug-likeness (QED) is 0.625. The zero-order valence-corrected chi connectivity index (χ0v) is 11.1. The van der Waals surface area contributed by atoms with Crippen LogP contribution < -0.4 is 0 Å². The van der Waals surface area contributed by atoms with Gasteiger partial charge < -0.3 is 4.74 Å². The molecule has 0 saturated carbocycles. The largest absolute Gasteiger partial charge is 0.462 e. The van der Waals surface area contributed by atoms with Crippen LogP contribution in [0.1, 0.15) is 22.8 Å². The van der Waals surface area contributed by atoms with Gasteiger partial charge in [-0.05, 0) is 30.8 Å². The number of benzene rings is 1. The number of rotatable bonds is 3. The van der Waals surface area contributed by atoms with E-state index in [0.29, 0.717) is 0 Å². The maximum Gasteiger partial charge on any atom is 0.446 e. The Bertz CT molecular complexity index is 540. The van der Waals surface area contributed by atoms with Crippen molar-refractivity contribution >= 4 is 29.3 Å². The molecule has 0 bridgehead atoms. The first-order valence-corrected chi connectivity index (χ1v) is 6.15. The first-order chi connectivity index (χ1) is 8.80. The van der Waals surface area contributed by atoms with Crippen LogP contribution in [-0.2, 0) is 4.74 Å². The Hall–Kier alpha value is -1.39. The van der Waals surface area contributed by atoms with Crippen molar-refractivity contribution in [1.82, 2.24) is 0 Å². The van der Waals surface area contributed by atoms with Gasteiger partial charge in [0.2, 0.25) is 0 Å². The molecule has 102 valence electrons. The van der Waals surface area contributed by atoms with Crippen molar-refractivity contribution in [3.8, 4) is 6.07 Å². The smallest absolute Gasteiger partial charge is 0.446 e. The summed E-state index contributed by atoms with van der Waals surface area (Å²) in [6.45, 7) is 1.50. The summed E-state index contributed by atoms with van der Waals surface area (Å²) in [6, 6.07) is 3.84. The number of ether oxygens (including phenoxy) is 1. The first kappa shape index (κ1) is 15.7. The van der Waals surface area contributed by atoms with E-state index in [1.165, 1.54) is 6.92 Å². The lowest BCUT2D eigenvalue weighted by Gasteiger charge is -2.12. The second-order valence-corrected chi connectivity index (χ2v) is 4.67. The Kier molecular flexibility index (Phi) is 5.09. The van der Waals surface area contributed by atoms with Crippen molar-refractivity contribution in [3.05, 3.63) is 28.3 Å². The summed E-state index contributed by atoms with van der Waals surface area (Å²) in [6.07, 6.45) is 0. The molecule has 0 atom stereocenters. The molecular weight excluding hydrogens is 303 g/mol. The van der Waals surface area contributed by atoms with Crippen molar-refractivity contribution < 1.29 is 22.7 Å². The molecule has 1 aromatic carbocycles. The number of nitrogens with zero attached hydrogens (tertiary/aromatic N) is 1. The molecule has 0 heterocycles.